The highest BCUT2D eigenvalue weighted by atomic mass is 16.3. The summed E-state index contributed by atoms with van der Waals surface area (Å²) in [6.45, 7) is 1.98. The third-order valence-electron chi connectivity index (χ3n) is 3.22. The lowest BCUT2D eigenvalue weighted by Gasteiger charge is -2.28. The number of imidazole rings is 1. The summed E-state index contributed by atoms with van der Waals surface area (Å²) in [6, 6.07) is 0.497. The summed E-state index contributed by atoms with van der Waals surface area (Å²) < 4.78 is 2.18. The van der Waals surface area contributed by atoms with Crippen LogP contribution in [0.1, 0.15) is 50.4 Å². The predicted octanol–water partition coefficient (Wildman–Crippen LogP) is 1.38. The number of aliphatic hydroxyl groups excluding tert-OH is 1. The minimum absolute atomic E-state index is 0.0272. The normalized spacial score (nSPS) is 29.0. The van der Waals surface area contributed by atoms with E-state index in [9.17, 15) is 5.11 Å². The van der Waals surface area contributed by atoms with E-state index < -0.39 is 0 Å². The van der Waals surface area contributed by atoms with Gasteiger partial charge in [-0.1, -0.05) is 0 Å². The second kappa shape index (κ2) is 4.33. The summed E-state index contributed by atoms with van der Waals surface area (Å²) in [5.74, 6) is 0. The van der Waals surface area contributed by atoms with Gasteiger partial charge in [-0.2, -0.15) is 0 Å². The molecule has 1 aromatic rings. The molecule has 1 saturated carbocycles. The molecule has 1 atom stereocenters. The predicted molar refractivity (Wildman–Crippen MR) is 58.3 cm³/mol. The smallest absolute Gasteiger partial charge is 0.0951 e. The third-order valence-corrected chi connectivity index (χ3v) is 3.22. The topological polar surface area (TPSA) is 64.1 Å². The van der Waals surface area contributed by atoms with Crippen LogP contribution in [-0.4, -0.2) is 20.8 Å². The number of hydrogen-bond acceptors (Lipinski definition) is 3. The van der Waals surface area contributed by atoms with E-state index in [2.05, 4.69) is 9.55 Å². The fourth-order valence-electron chi connectivity index (χ4n) is 2.31. The molecule has 1 heterocycles. The number of hydrogen-bond donors (Lipinski definition) is 2. The molecule has 1 aliphatic rings. The van der Waals surface area contributed by atoms with Gasteiger partial charge in [0, 0.05) is 18.3 Å². The van der Waals surface area contributed by atoms with Crippen LogP contribution in [0.25, 0.3) is 0 Å². The van der Waals surface area contributed by atoms with Crippen molar-refractivity contribution in [1.82, 2.24) is 9.55 Å². The molecule has 3 N–H and O–H groups in total. The van der Waals surface area contributed by atoms with Crippen molar-refractivity contribution in [1.29, 1.82) is 0 Å². The van der Waals surface area contributed by atoms with E-state index in [1.165, 1.54) is 0 Å². The molecule has 84 valence electrons. The van der Waals surface area contributed by atoms with Crippen molar-refractivity contribution in [3.05, 3.63) is 18.2 Å². The molecule has 0 aliphatic heterocycles. The molecular formula is C11H19N3O. The standard InChI is InChI=1S/C11H19N3O/c1-8(12)11-6-13-7-14(11)9-2-4-10(15)5-3-9/h6-10,15H,2-5,12H2,1H3/t8-,9?,10?/m0/s1. The van der Waals surface area contributed by atoms with Crippen LogP contribution < -0.4 is 5.73 Å². The lowest BCUT2D eigenvalue weighted by molar-refractivity contribution is 0.110. The number of aromatic nitrogens is 2. The molecule has 0 spiro atoms. The number of rotatable bonds is 2. The molecule has 0 amide bonds. The minimum atomic E-state index is -0.108. The summed E-state index contributed by atoms with van der Waals surface area (Å²) in [5.41, 5.74) is 6.98. The number of nitrogens with zero attached hydrogens (tertiary/aromatic N) is 2. The average molecular weight is 209 g/mol. The van der Waals surface area contributed by atoms with Gasteiger partial charge in [-0.15, -0.1) is 0 Å². The molecule has 0 radical (unpaired) electrons. The maximum atomic E-state index is 9.45. The van der Waals surface area contributed by atoms with Crippen LogP contribution in [0.5, 0.6) is 0 Å². The average Bonchev–Trinajstić information content (AvgIpc) is 2.67. The largest absolute Gasteiger partial charge is 0.393 e. The fraction of sp³-hybridized carbons (Fsp3) is 0.727. The first-order chi connectivity index (χ1) is 7.18. The van der Waals surface area contributed by atoms with Crippen molar-refractivity contribution >= 4 is 0 Å². The van der Waals surface area contributed by atoms with Gasteiger partial charge in [0.15, 0.2) is 0 Å². The Balaban J connectivity index is 2.12. The summed E-state index contributed by atoms with van der Waals surface area (Å²) in [6.07, 6.45) is 7.43. The van der Waals surface area contributed by atoms with Gasteiger partial charge in [0.2, 0.25) is 0 Å². The van der Waals surface area contributed by atoms with E-state index in [1.54, 1.807) is 0 Å². The van der Waals surface area contributed by atoms with Gasteiger partial charge in [0.25, 0.3) is 0 Å². The van der Waals surface area contributed by atoms with Gasteiger partial charge in [0.05, 0.1) is 18.1 Å². The Morgan fingerprint density at radius 2 is 2.13 bits per heavy atom. The maximum absolute atomic E-state index is 9.45. The molecule has 0 bridgehead atoms. The molecule has 4 heteroatoms. The molecular weight excluding hydrogens is 190 g/mol. The molecule has 0 saturated heterocycles. The van der Waals surface area contributed by atoms with Crippen molar-refractivity contribution in [2.24, 2.45) is 5.73 Å². The van der Waals surface area contributed by atoms with E-state index in [4.69, 9.17) is 5.73 Å². The van der Waals surface area contributed by atoms with Crippen molar-refractivity contribution in [2.45, 2.75) is 50.8 Å². The van der Waals surface area contributed by atoms with Crippen molar-refractivity contribution < 1.29 is 5.11 Å². The van der Waals surface area contributed by atoms with Gasteiger partial charge < -0.3 is 15.4 Å². The van der Waals surface area contributed by atoms with Crippen LogP contribution in [0.4, 0.5) is 0 Å². The number of aliphatic hydroxyl groups is 1. The Kier molecular flexibility index (Phi) is 3.07. The zero-order valence-electron chi connectivity index (χ0n) is 9.13. The zero-order chi connectivity index (χ0) is 10.8. The quantitative estimate of drug-likeness (QED) is 0.773. The van der Waals surface area contributed by atoms with E-state index in [1.807, 2.05) is 19.4 Å². The molecule has 1 aromatic heterocycles. The molecule has 1 aliphatic carbocycles. The van der Waals surface area contributed by atoms with Gasteiger partial charge in [0.1, 0.15) is 0 Å². The van der Waals surface area contributed by atoms with Gasteiger partial charge >= 0.3 is 0 Å². The Bertz CT molecular complexity index is 313. The van der Waals surface area contributed by atoms with Crippen LogP contribution in [0.2, 0.25) is 0 Å². The third kappa shape index (κ3) is 2.21. The van der Waals surface area contributed by atoms with Gasteiger partial charge in [-0.05, 0) is 32.6 Å². The SMILES string of the molecule is C[C@H](N)c1cncn1C1CCC(O)CC1. The lowest BCUT2D eigenvalue weighted by Crippen LogP contribution is -2.23. The summed E-state index contributed by atoms with van der Waals surface area (Å²) in [5, 5.41) is 9.45. The van der Waals surface area contributed by atoms with Gasteiger partial charge in [-0.25, -0.2) is 4.98 Å². The Morgan fingerprint density at radius 1 is 1.47 bits per heavy atom. The molecule has 0 unspecified atom stereocenters. The van der Waals surface area contributed by atoms with E-state index >= 15 is 0 Å². The lowest BCUT2D eigenvalue weighted by atomic mass is 9.92. The van der Waals surface area contributed by atoms with Crippen LogP contribution in [0.15, 0.2) is 12.5 Å². The van der Waals surface area contributed by atoms with Crippen molar-refractivity contribution in [2.75, 3.05) is 0 Å². The fourth-order valence-corrected chi connectivity index (χ4v) is 2.31. The Morgan fingerprint density at radius 3 is 2.73 bits per heavy atom. The van der Waals surface area contributed by atoms with Crippen LogP contribution in [-0.2, 0) is 0 Å². The van der Waals surface area contributed by atoms with Crippen molar-refractivity contribution in [3.63, 3.8) is 0 Å². The zero-order valence-corrected chi connectivity index (χ0v) is 9.13. The summed E-state index contributed by atoms with van der Waals surface area (Å²) >= 11 is 0. The summed E-state index contributed by atoms with van der Waals surface area (Å²) in [7, 11) is 0. The summed E-state index contributed by atoms with van der Waals surface area (Å²) in [4.78, 5) is 4.16. The monoisotopic (exact) mass is 209 g/mol. The first-order valence-corrected chi connectivity index (χ1v) is 5.64. The van der Waals surface area contributed by atoms with E-state index in [0.29, 0.717) is 6.04 Å². The first kappa shape index (κ1) is 10.6. The van der Waals surface area contributed by atoms with Crippen LogP contribution >= 0.6 is 0 Å². The molecule has 4 nitrogen and oxygen atoms in total. The molecule has 1 fully saturated rings. The highest BCUT2D eigenvalue weighted by Crippen LogP contribution is 2.30. The highest BCUT2D eigenvalue weighted by molar-refractivity contribution is 5.05. The highest BCUT2D eigenvalue weighted by Gasteiger charge is 2.22. The van der Waals surface area contributed by atoms with Gasteiger partial charge in [-0.3, -0.25) is 0 Å². The maximum Gasteiger partial charge on any atom is 0.0951 e. The molecule has 2 rings (SSSR count). The minimum Gasteiger partial charge on any atom is -0.393 e. The van der Waals surface area contributed by atoms with Crippen LogP contribution in [0.3, 0.4) is 0 Å². The first-order valence-electron chi connectivity index (χ1n) is 5.64. The van der Waals surface area contributed by atoms with E-state index in [0.717, 1.165) is 31.4 Å². The van der Waals surface area contributed by atoms with Crippen LogP contribution in [0, 0.1) is 0 Å². The molecule has 15 heavy (non-hydrogen) atoms. The van der Waals surface area contributed by atoms with Crippen molar-refractivity contribution in [3.8, 4) is 0 Å². The molecule has 0 aromatic carbocycles. The Labute approximate surface area is 90.1 Å². The second-order valence-electron chi connectivity index (χ2n) is 4.48. The Hall–Kier alpha value is -0.870. The number of nitrogens with two attached hydrogens (primary N) is 1. The van der Waals surface area contributed by atoms with E-state index in [-0.39, 0.29) is 12.1 Å². The second-order valence-corrected chi connectivity index (χ2v) is 4.48.